The second-order valence-corrected chi connectivity index (χ2v) is 32.3. The lowest BCUT2D eigenvalue weighted by Crippen LogP contribution is -1.90. The summed E-state index contributed by atoms with van der Waals surface area (Å²) in [5.41, 5.74) is 36.4. The molecule has 0 radical (unpaired) electrons. The van der Waals surface area contributed by atoms with Crippen LogP contribution < -0.4 is 0 Å². The first-order chi connectivity index (χ1) is 63.9. The van der Waals surface area contributed by atoms with Gasteiger partial charge in [-0.05, 0) is 255 Å². The number of hydrogen-bond acceptors (Lipinski definition) is 6. The van der Waals surface area contributed by atoms with Crippen molar-refractivity contribution in [1.82, 2.24) is 43.1 Å². The van der Waals surface area contributed by atoms with Crippen molar-refractivity contribution >= 4 is 49.3 Å². The molecule has 0 bridgehead atoms. The minimum absolute atomic E-state index is 0.934. The summed E-state index contributed by atoms with van der Waals surface area (Å²) < 4.78 is 6.54. The summed E-state index contributed by atoms with van der Waals surface area (Å²) in [6, 6.07) is 157. The molecule has 0 aliphatic heterocycles. The van der Waals surface area contributed by atoms with E-state index in [0.717, 1.165) is 140 Å². The molecule has 9 nitrogen and oxygen atoms in total. The predicted octanol–water partition coefficient (Wildman–Crippen LogP) is 30.7. The van der Waals surface area contributed by atoms with Crippen LogP contribution in [0.15, 0.2) is 492 Å². The highest BCUT2D eigenvalue weighted by atomic mass is 15.0. The third-order valence-electron chi connectivity index (χ3n) is 24.2. The van der Waals surface area contributed by atoms with Gasteiger partial charge in [0.05, 0.1) is 39.9 Å². The maximum atomic E-state index is 5.01. The van der Waals surface area contributed by atoms with Gasteiger partial charge in [0.2, 0.25) is 0 Å². The van der Waals surface area contributed by atoms with E-state index in [2.05, 4.69) is 435 Å². The van der Waals surface area contributed by atoms with Gasteiger partial charge in [0.15, 0.2) is 0 Å². The van der Waals surface area contributed by atoms with E-state index in [1.165, 1.54) is 76.8 Å². The normalized spacial score (nSPS) is 11.3. The van der Waals surface area contributed by atoms with Crippen LogP contribution in [0.4, 0.5) is 0 Å². The van der Waals surface area contributed by atoms with Gasteiger partial charge in [-0.15, -0.1) is 0 Å². The zero-order valence-corrected chi connectivity index (χ0v) is 70.3. The van der Waals surface area contributed by atoms with Crippen LogP contribution in [0.2, 0.25) is 0 Å². The summed E-state index contributed by atoms with van der Waals surface area (Å²) in [5.74, 6) is 0. The van der Waals surface area contributed by atoms with Gasteiger partial charge in [-0.1, -0.05) is 303 Å². The van der Waals surface area contributed by atoms with Gasteiger partial charge >= 0.3 is 0 Å². The first kappa shape index (κ1) is 77.6. The molecule has 0 spiro atoms. The molecule has 0 saturated carbocycles. The topological polar surface area (TPSA) is 90.6 Å². The number of aromatic nitrogens is 9. The van der Waals surface area contributed by atoms with E-state index < -0.39 is 0 Å². The number of pyridine rings is 6. The summed E-state index contributed by atoms with van der Waals surface area (Å²) >= 11 is 0. The third kappa shape index (κ3) is 16.0. The van der Waals surface area contributed by atoms with E-state index in [0.29, 0.717) is 0 Å². The van der Waals surface area contributed by atoms with E-state index in [-0.39, 0.29) is 0 Å². The maximum absolute atomic E-state index is 5.01. The average molecular weight is 1650 g/mol. The summed E-state index contributed by atoms with van der Waals surface area (Å²) in [4.78, 5) is 28.3. The average Bonchev–Trinajstić information content (AvgIpc) is 1.61. The van der Waals surface area contributed by atoms with Crippen molar-refractivity contribution in [3.8, 4) is 168 Å². The molecule has 0 unspecified atom stereocenters. The Morgan fingerprint density at radius 2 is 0.442 bits per heavy atom. The van der Waals surface area contributed by atoms with Crippen LogP contribution in [-0.4, -0.2) is 43.1 Å². The Kier molecular flexibility index (Phi) is 20.9. The Labute approximate surface area is 747 Å². The standard InChI is InChI=1S/3C40H27N3/c1-2-11-30(12-3-1)39-40(43-23-9-7-15-38(43)42-39)31-19-16-29(17-20-31)34-25-35(27-36(26-34)37-14-6-8-22-41-37)33-21-18-28-10-4-5-13-32(28)24-33;1-2-10-30(11-3-1)39-40(43-22-7-6-14-38(43)42-39)31-18-15-29(16-19-31)35-24-36(26-37(25-35)34-13-8-21-41-27-34)33-20-17-28-9-4-5-12-32(28)23-33;1-2-9-31(10-3-1)39-40(43-23-7-6-12-38(43)42-39)32-16-13-29(14-17-32)35-25-36(30-19-21-41-22-20-30)27-37(26-35)34-18-15-28-8-4-5-11-33(28)24-34/h3*1-27H. The largest absolute Gasteiger partial charge is 0.299 e. The first-order valence-electron chi connectivity index (χ1n) is 43.5. The molecule has 15 aromatic carbocycles. The second kappa shape index (κ2) is 34.7. The van der Waals surface area contributed by atoms with E-state index in [1.807, 2.05) is 85.6 Å². The molecule has 0 aliphatic rings. The van der Waals surface area contributed by atoms with Gasteiger partial charge in [0.1, 0.15) is 16.9 Å². The van der Waals surface area contributed by atoms with Crippen LogP contribution in [-0.2, 0) is 0 Å². The highest BCUT2D eigenvalue weighted by molar-refractivity contribution is 5.95. The van der Waals surface area contributed by atoms with E-state index >= 15 is 0 Å². The Balaban J connectivity index is 0.000000114. The lowest BCUT2D eigenvalue weighted by Gasteiger charge is -2.13. The number of nitrogens with zero attached hydrogens (tertiary/aromatic N) is 9. The van der Waals surface area contributed by atoms with Crippen LogP contribution in [0, 0.1) is 0 Å². The monoisotopic (exact) mass is 1650 g/mol. The van der Waals surface area contributed by atoms with Gasteiger partial charge in [0.25, 0.3) is 0 Å². The smallest absolute Gasteiger partial charge is 0.137 e. The van der Waals surface area contributed by atoms with Crippen LogP contribution in [0.1, 0.15) is 0 Å². The third-order valence-corrected chi connectivity index (χ3v) is 24.2. The molecule has 9 heterocycles. The molecule has 24 aromatic rings. The fraction of sp³-hybridized carbons (Fsp3) is 0. The van der Waals surface area contributed by atoms with Crippen molar-refractivity contribution < 1.29 is 0 Å². The van der Waals surface area contributed by atoms with Gasteiger partial charge in [-0.25, -0.2) is 15.0 Å². The van der Waals surface area contributed by atoms with Gasteiger partial charge in [0, 0.05) is 94.1 Å². The van der Waals surface area contributed by atoms with Crippen molar-refractivity contribution in [2.75, 3.05) is 0 Å². The second-order valence-electron chi connectivity index (χ2n) is 32.3. The van der Waals surface area contributed by atoms with Crippen LogP contribution in [0.3, 0.4) is 0 Å². The lowest BCUT2D eigenvalue weighted by molar-refractivity contribution is 1.19. The fourth-order valence-corrected chi connectivity index (χ4v) is 17.8. The summed E-state index contributed by atoms with van der Waals surface area (Å²) in [5, 5.41) is 7.44. The maximum Gasteiger partial charge on any atom is 0.137 e. The van der Waals surface area contributed by atoms with Crippen molar-refractivity contribution in [3.05, 3.63) is 492 Å². The Bertz CT molecular complexity index is 7410. The first-order valence-corrected chi connectivity index (χ1v) is 43.5. The van der Waals surface area contributed by atoms with Crippen LogP contribution >= 0.6 is 0 Å². The minimum atomic E-state index is 0.934. The molecule has 129 heavy (non-hydrogen) atoms. The Morgan fingerprint density at radius 3 is 0.783 bits per heavy atom. The molecule has 0 atom stereocenters. The molecular weight excluding hydrogens is 1570 g/mol. The highest BCUT2D eigenvalue weighted by Crippen LogP contribution is 2.43. The van der Waals surface area contributed by atoms with E-state index in [9.17, 15) is 0 Å². The SMILES string of the molecule is c1ccc(-c2nc3ccccn3c2-c2ccc(-c3cc(-c4ccc5ccccc5c4)cc(-c4ccccn4)c3)cc2)cc1.c1ccc(-c2nc3ccccn3c2-c2ccc(-c3cc(-c4cccnc4)cc(-c4ccc5ccccc5c4)c3)cc2)cc1.c1ccc(-c2nc3ccccn3c2-c2ccc(-c3cc(-c4ccncc4)cc(-c4ccc5ccccc5c4)c3)cc2)cc1. The molecule has 0 saturated heterocycles. The fourth-order valence-electron chi connectivity index (χ4n) is 17.8. The number of hydrogen-bond donors (Lipinski definition) is 0. The quantitative estimate of drug-likeness (QED) is 0.102. The number of fused-ring (bicyclic) bond motifs is 6. The molecule has 9 aromatic heterocycles. The lowest BCUT2D eigenvalue weighted by atomic mass is 9.92. The number of benzene rings is 15. The zero-order chi connectivity index (χ0) is 85.8. The van der Waals surface area contributed by atoms with Crippen LogP contribution in [0.25, 0.3) is 217 Å². The molecule has 9 heteroatoms. The van der Waals surface area contributed by atoms with Crippen molar-refractivity contribution in [2.45, 2.75) is 0 Å². The highest BCUT2D eigenvalue weighted by Gasteiger charge is 2.22. The molecule has 0 aliphatic carbocycles. The Morgan fingerprint density at radius 1 is 0.155 bits per heavy atom. The van der Waals surface area contributed by atoms with Crippen molar-refractivity contribution in [1.29, 1.82) is 0 Å². The van der Waals surface area contributed by atoms with Gasteiger partial charge in [-0.3, -0.25) is 28.2 Å². The molecule has 0 N–H and O–H groups in total. The van der Waals surface area contributed by atoms with Gasteiger partial charge in [-0.2, -0.15) is 0 Å². The molecule has 0 fully saturated rings. The van der Waals surface area contributed by atoms with E-state index in [4.69, 9.17) is 15.0 Å². The molecule has 606 valence electrons. The van der Waals surface area contributed by atoms with Gasteiger partial charge < -0.3 is 0 Å². The zero-order valence-electron chi connectivity index (χ0n) is 70.3. The number of rotatable bonds is 15. The summed E-state index contributed by atoms with van der Waals surface area (Å²) in [6.07, 6.45) is 15.6. The van der Waals surface area contributed by atoms with Crippen LogP contribution in [0.5, 0.6) is 0 Å². The minimum Gasteiger partial charge on any atom is -0.299 e. The van der Waals surface area contributed by atoms with Crippen molar-refractivity contribution in [3.63, 3.8) is 0 Å². The molecule has 24 rings (SSSR count). The molecular formula is C120H81N9. The van der Waals surface area contributed by atoms with Crippen molar-refractivity contribution in [2.24, 2.45) is 0 Å². The van der Waals surface area contributed by atoms with E-state index in [1.54, 1.807) is 0 Å². The summed E-state index contributed by atoms with van der Waals surface area (Å²) in [6.45, 7) is 0. The predicted molar refractivity (Wildman–Crippen MR) is 533 cm³/mol. The number of imidazole rings is 3. The molecule has 0 amide bonds. The Hall–Kier alpha value is -17.4. The summed E-state index contributed by atoms with van der Waals surface area (Å²) in [7, 11) is 0.